The van der Waals surface area contributed by atoms with Gasteiger partial charge in [0.05, 0.1) is 19.6 Å². The number of morpholine rings is 1. The van der Waals surface area contributed by atoms with Crippen LogP contribution in [0.5, 0.6) is 0 Å². The lowest BCUT2D eigenvalue weighted by Crippen LogP contribution is -2.59. The Balaban J connectivity index is 1.48. The Hall–Kier alpha value is -2.82. The highest BCUT2D eigenvalue weighted by molar-refractivity contribution is 8.76. The first-order chi connectivity index (χ1) is 20.7. The van der Waals surface area contributed by atoms with Gasteiger partial charge in [0.25, 0.3) is 0 Å². The molecule has 5 amide bonds. The highest BCUT2D eigenvalue weighted by Gasteiger charge is 2.52. The van der Waals surface area contributed by atoms with E-state index in [1.54, 1.807) is 12.2 Å². The SMILES string of the molecule is O=C(CC[C@H]1NC(=O)C[C@H]2C=CCCSSC[C@@H](NC1=O)C(=O)NC1(CC1)C(=O)NCC(=O)O2)NCCN1CCOCC1. The monoisotopic (exact) mass is 640 g/mol. The molecule has 0 aromatic carbocycles. The molecule has 0 aromatic rings. The van der Waals surface area contributed by atoms with Crippen molar-refractivity contribution in [2.45, 2.75) is 62.3 Å². The molecule has 4 rings (SSSR count). The molecule has 43 heavy (non-hydrogen) atoms. The molecular weight excluding hydrogens is 600 g/mol. The number of nitrogens with zero attached hydrogens (tertiary/aromatic N) is 1. The Bertz CT molecular complexity index is 1080. The summed E-state index contributed by atoms with van der Waals surface area (Å²) in [4.78, 5) is 80.1. The zero-order valence-electron chi connectivity index (χ0n) is 24.0. The standard InChI is InChI=1S/C27H40N6O8S2/c34-21(28-8-9-33-10-12-40-13-11-33)5-4-19-24(37)31-20-17-43-42-14-2-1-3-18(15-22(35)30-19)41-23(36)16-29-26(39)27(6-7-27)32-25(20)38/h1,3,18-20H,2,4-17H2,(H,28,34)(H,29,39)(H,30,35)(H,31,37)(H,32,38)/t18-,19-,20-/m1/s1. The van der Waals surface area contributed by atoms with Crippen LogP contribution in [-0.4, -0.2) is 122 Å². The van der Waals surface area contributed by atoms with E-state index in [0.29, 0.717) is 51.3 Å². The second kappa shape index (κ2) is 16.3. The normalized spacial score (nSPS) is 27.6. The fourth-order valence-electron chi connectivity index (χ4n) is 4.78. The Morgan fingerprint density at radius 1 is 1.07 bits per heavy atom. The summed E-state index contributed by atoms with van der Waals surface area (Å²) in [6.45, 7) is 3.61. The van der Waals surface area contributed by atoms with Gasteiger partial charge in [0.2, 0.25) is 29.5 Å². The van der Waals surface area contributed by atoms with Crippen LogP contribution in [0.3, 0.4) is 0 Å². The van der Waals surface area contributed by atoms with Crippen molar-refractivity contribution in [3.8, 4) is 0 Å². The van der Waals surface area contributed by atoms with E-state index in [4.69, 9.17) is 9.47 Å². The van der Waals surface area contributed by atoms with E-state index < -0.39 is 59.9 Å². The molecule has 14 nitrogen and oxygen atoms in total. The lowest BCUT2D eigenvalue weighted by Gasteiger charge is -2.26. The number of rotatable bonds is 6. The summed E-state index contributed by atoms with van der Waals surface area (Å²) < 4.78 is 10.8. The maximum atomic E-state index is 13.5. The molecule has 3 fully saturated rings. The fraction of sp³-hybridized carbons (Fsp3) is 0.704. The number of hydrogen-bond acceptors (Lipinski definition) is 11. The number of hydrogen-bond donors (Lipinski definition) is 5. The number of esters is 1. The molecule has 0 unspecified atom stereocenters. The summed E-state index contributed by atoms with van der Waals surface area (Å²) in [5.74, 6) is -2.35. The number of amides is 5. The zero-order chi connectivity index (χ0) is 30.7. The molecule has 16 heteroatoms. The van der Waals surface area contributed by atoms with Gasteiger partial charge in [-0.3, -0.25) is 33.7 Å². The van der Waals surface area contributed by atoms with Crippen molar-refractivity contribution in [1.29, 1.82) is 0 Å². The van der Waals surface area contributed by atoms with Crippen LogP contribution in [0.4, 0.5) is 0 Å². The van der Waals surface area contributed by atoms with Gasteiger partial charge in [-0.15, -0.1) is 0 Å². The third-order valence-electron chi connectivity index (χ3n) is 7.45. The fourth-order valence-corrected chi connectivity index (χ4v) is 6.94. The van der Waals surface area contributed by atoms with Gasteiger partial charge in [0.15, 0.2) is 0 Å². The number of fused-ring (bicyclic) bond motifs is 7. The summed E-state index contributed by atoms with van der Waals surface area (Å²) in [5, 5.41) is 13.5. The molecule has 5 N–H and O–H groups in total. The lowest BCUT2D eigenvalue weighted by atomic mass is 10.1. The van der Waals surface area contributed by atoms with Gasteiger partial charge in [0.1, 0.15) is 30.3 Å². The van der Waals surface area contributed by atoms with Crippen LogP contribution < -0.4 is 26.6 Å². The van der Waals surface area contributed by atoms with Crippen LogP contribution in [0.25, 0.3) is 0 Å². The Kier molecular flexibility index (Phi) is 12.5. The Morgan fingerprint density at radius 3 is 2.63 bits per heavy atom. The second-order valence-corrected chi connectivity index (χ2v) is 13.5. The predicted octanol–water partition coefficient (Wildman–Crippen LogP) is -1.39. The topological polar surface area (TPSA) is 184 Å². The van der Waals surface area contributed by atoms with E-state index in [1.165, 1.54) is 21.6 Å². The van der Waals surface area contributed by atoms with E-state index in [2.05, 4.69) is 31.5 Å². The van der Waals surface area contributed by atoms with Gasteiger partial charge in [-0.2, -0.15) is 0 Å². The smallest absolute Gasteiger partial charge is 0.326 e. The molecule has 2 saturated heterocycles. The van der Waals surface area contributed by atoms with Crippen molar-refractivity contribution < 1.29 is 38.2 Å². The summed E-state index contributed by atoms with van der Waals surface area (Å²) in [6, 6.07) is -2.12. The second-order valence-electron chi connectivity index (χ2n) is 10.8. The first kappa shape index (κ1) is 33.1. The average molecular weight is 641 g/mol. The van der Waals surface area contributed by atoms with Crippen molar-refractivity contribution in [2.75, 3.05) is 57.4 Å². The van der Waals surface area contributed by atoms with Crippen LogP contribution in [0.2, 0.25) is 0 Å². The Morgan fingerprint density at radius 2 is 1.86 bits per heavy atom. The highest BCUT2D eigenvalue weighted by atomic mass is 33.1. The quantitative estimate of drug-likeness (QED) is 0.131. The van der Waals surface area contributed by atoms with Gasteiger partial charge < -0.3 is 36.1 Å². The summed E-state index contributed by atoms with van der Waals surface area (Å²) in [7, 11) is 2.91. The predicted molar refractivity (Wildman–Crippen MR) is 160 cm³/mol. The van der Waals surface area contributed by atoms with E-state index in [1.807, 2.05) is 0 Å². The molecule has 238 valence electrons. The molecule has 2 bridgehead atoms. The van der Waals surface area contributed by atoms with Crippen LogP contribution in [-0.2, 0) is 38.2 Å². The molecule has 3 heterocycles. The minimum Gasteiger partial charge on any atom is -0.456 e. The van der Waals surface area contributed by atoms with Crippen molar-refractivity contribution in [2.24, 2.45) is 0 Å². The van der Waals surface area contributed by atoms with E-state index in [0.717, 1.165) is 13.1 Å². The highest BCUT2D eigenvalue weighted by Crippen LogP contribution is 2.36. The molecule has 1 spiro atoms. The molecular formula is C27H40N6O8S2. The molecule has 1 aliphatic carbocycles. The molecule has 0 radical (unpaired) electrons. The van der Waals surface area contributed by atoms with Gasteiger partial charge in [-0.05, 0) is 31.8 Å². The third-order valence-corrected chi connectivity index (χ3v) is 9.89. The molecule has 4 aliphatic rings. The number of allylic oxidation sites excluding steroid dienone is 1. The van der Waals surface area contributed by atoms with Gasteiger partial charge in [0, 0.05) is 44.1 Å². The van der Waals surface area contributed by atoms with E-state index in [-0.39, 0.29) is 30.9 Å². The summed E-state index contributed by atoms with van der Waals surface area (Å²) in [5.41, 5.74) is -1.16. The van der Waals surface area contributed by atoms with Crippen molar-refractivity contribution >= 4 is 57.1 Å². The largest absolute Gasteiger partial charge is 0.456 e. The summed E-state index contributed by atoms with van der Waals surface area (Å²) >= 11 is 0. The number of nitrogens with one attached hydrogen (secondary N) is 5. The molecule has 3 atom stereocenters. The van der Waals surface area contributed by atoms with Gasteiger partial charge >= 0.3 is 5.97 Å². The lowest BCUT2D eigenvalue weighted by molar-refractivity contribution is -0.148. The molecule has 3 aliphatic heterocycles. The van der Waals surface area contributed by atoms with E-state index in [9.17, 15) is 28.8 Å². The average Bonchev–Trinajstić information content (AvgIpc) is 3.76. The van der Waals surface area contributed by atoms with Crippen molar-refractivity contribution in [3.05, 3.63) is 12.2 Å². The number of ether oxygens (including phenoxy) is 2. The molecule has 1 saturated carbocycles. The Labute approximate surface area is 258 Å². The van der Waals surface area contributed by atoms with Crippen molar-refractivity contribution in [1.82, 2.24) is 31.5 Å². The minimum atomic E-state index is -1.16. The number of carbonyl (C=O) groups excluding carboxylic acids is 6. The van der Waals surface area contributed by atoms with Crippen LogP contribution >= 0.6 is 21.6 Å². The minimum absolute atomic E-state index is 0.0101. The maximum absolute atomic E-state index is 13.5. The third kappa shape index (κ3) is 10.7. The maximum Gasteiger partial charge on any atom is 0.326 e. The zero-order valence-corrected chi connectivity index (χ0v) is 25.7. The van der Waals surface area contributed by atoms with Gasteiger partial charge in [-0.25, -0.2) is 0 Å². The summed E-state index contributed by atoms with van der Waals surface area (Å²) in [6.07, 6.45) is 3.61. The van der Waals surface area contributed by atoms with Crippen molar-refractivity contribution in [3.63, 3.8) is 0 Å². The van der Waals surface area contributed by atoms with Crippen LogP contribution in [0.15, 0.2) is 12.2 Å². The van der Waals surface area contributed by atoms with E-state index >= 15 is 0 Å². The van der Waals surface area contributed by atoms with Crippen LogP contribution in [0.1, 0.15) is 38.5 Å². The van der Waals surface area contributed by atoms with Gasteiger partial charge in [-0.1, -0.05) is 27.7 Å². The first-order valence-electron chi connectivity index (χ1n) is 14.6. The number of carbonyl (C=O) groups is 6. The molecule has 0 aromatic heterocycles. The first-order valence-corrected chi connectivity index (χ1v) is 17.1. The van der Waals surface area contributed by atoms with Crippen LogP contribution in [0, 0.1) is 0 Å².